The zero-order valence-corrected chi connectivity index (χ0v) is 10.1. The van der Waals surface area contributed by atoms with E-state index in [0.717, 1.165) is 18.1 Å². The highest BCUT2D eigenvalue weighted by molar-refractivity contribution is 8.00. The standard InChI is InChI=1S/C12H22OS/c1-9-4-3-5-11(8-9)12(13)6-7-14-10(12)2/h9-11,13H,3-8H2,1-2H3. The van der Waals surface area contributed by atoms with Gasteiger partial charge in [-0.15, -0.1) is 0 Å². The average molecular weight is 214 g/mol. The van der Waals surface area contributed by atoms with Crippen LogP contribution in [-0.4, -0.2) is 21.7 Å². The second-order valence-corrected chi connectivity index (χ2v) is 6.67. The summed E-state index contributed by atoms with van der Waals surface area (Å²) in [7, 11) is 0. The van der Waals surface area contributed by atoms with E-state index in [1.165, 1.54) is 25.7 Å². The maximum Gasteiger partial charge on any atom is 0.0799 e. The molecule has 0 amide bonds. The minimum Gasteiger partial charge on any atom is -0.388 e. The molecule has 4 atom stereocenters. The lowest BCUT2D eigenvalue weighted by Gasteiger charge is -2.40. The highest BCUT2D eigenvalue weighted by Gasteiger charge is 2.46. The Bertz CT molecular complexity index is 206. The predicted molar refractivity (Wildman–Crippen MR) is 62.6 cm³/mol. The van der Waals surface area contributed by atoms with Gasteiger partial charge >= 0.3 is 0 Å². The van der Waals surface area contributed by atoms with Gasteiger partial charge in [-0.1, -0.05) is 26.7 Å². The molecule has 14 heavy (non-hydrogen) atoms. The highest BCUT2D eigenvalue weighted by Crippen LogP contribution is 2.46. The summed E-state index contributed by atoms with van der Waals surface area (Å²) in [4.78, 5) is 0. The zero-order valence-electron chi connectivity index (χ0n) is 9.33. The smallest absolute Gasteiger partial charge is 0.0799 e. The first-order chi connectivity index (χ1) is 6.63. The summed E-state index contributed by atoms with van der Waals surface area (Å²) < 4.78 is 0. The number of thioether (sulfide) groups is 1. The Morgan fingerprint density at radius 1 is 1.29 bits per heavy atom. The summed E-state index contributed by atoms with van der Waals surface area (Å²) in [6.07, 6.45) is 6.23. The summed E-state index contributed by atoms with van der Waals surface area (Å²) in [6, 6.07) is 0. The monoisotopic (exact) mass is 214 g/mol. The second kappa shape index (κ2) is 4.05. The van der Waals surface area contributed by atoms with Gasteiger partial charge in [-0.25, -0.2) is 0 Å². The van der Waals surface area contributed by atoms with Crippen molar-refractivity contribution in [1.29, 1.82) is 0 Å². The fraction of sp³-hybridized carbons (Fsp3) is 1.00. The van der Waals surface area contributed by atoms with Gasteiger partial charge in [0.25, 0.3) is 0 Å². The van der Waals surface area contributed by atoms with Gasteiger partial charge in [0.1, 0.15) is 0 Å². The second-order valence-electron chi connectivity index (χ2n) is 5.22. The van der Waals surface area contributed by atoms with Gasteiger partial charge in [0.05, 0.1) is 5.60 Å². The van der Waals surface area contributed by atoms with Crippen LogP contribution in [0.3, 0.4) is 0 Å². The van der Waals surface area contributed by atoms with E-state index in [2.05, 4.69) is 13.8 Å². The molecule has 0 aromatic rings. The molecule has 2 aliphatic rings. The molecule has 2 fully saturated rings. The predicted octanol–water partition coefficient (Wildman–Crippen LogP) is 3.07. The fourth-order valence-corrected chi connectivity index (χ4v) is 4.57. The van der Waals surface area contributed by atoms with Crippen LogP contribution < -0.4 is 0 Å². The molecule has 0 aromatic heterocycles. The minimum absolute atomic E-state index is 0.334. The first-order valence-corrected chi connectivity index (χ1v) is 7.02. The van der Waals surface area contributed by atoms with E-state index in [-0.39, 0.29) is 5.60 Å². The molecular formula is C12H22OS. The van der Waals surface area contributed by atoms with Crippen molar-refractivity contribution in [2.45, 2.75) is 56.8 Å². The van der Waals surface area contributed by atoms with Gasteiger partial charge in [0.2, 0.25) is 0 Å². The first kappa shape index (κ1) is 10.8. The summed E-state index contributed by atoms with van der Waals surface area (Å²) in [6.45, 7) is 4.54. The third kappa shape index (κ3) is 1.83. The summed E-state index contributed by atoms with van der Waals surface area (Å²) >= 11 is 1.95. The van der Waals surface area contributed by atoms with Crippen molar-refractivity contribution in [3.8, 4) is 0 Å². The van der Waals surface area contributed by atoms with Crippen LogP contribution in [0.15, 0.2) is 0 Å². The molecule has 1 saturated heterocycles. The van der Waals surface area contributed by atoms with Crippen molar-refractivity contribution in [3.05, 3.63) is 0 Å². The topological polar surface area (TPSA) is 20.2 Å². The van der Waals surface area contributed by atoms with E-state index in [0.29, 0.717) is 11.2 Å². The molecule has 2 rings (SSSR count). The summed E-state index contributed by atoms with van der Waals surface area (Å²) in [5.41, 5.74) is -0.334. The van der Waals surface area contributed by atoms with E-state index in [4.69, 9.17) is 0 Å². The van der Waals surface area contributed by atoms with E-state index in [1.807, 2.05) is 11.8 Å². The number of aliphatic hydroxyl groups is 1. The molecule has 0 bridgehead atoms. The van der Waals surface area contributed by atoms with E-state index >= 15 is 0 Å². The summed E-state index contributed by atoms with van der Waals surface area (Å²) in [5, 5.41) is 11.1. The van der Waals surface area contributed by atoms with Crippen LogP contribution in [0.4, 0.5) is 0 Å². The molecule has 0 spiro atoms. The lowest BCUT2D eigenvalue weighted by Crippen LogP contribution is -2.44. The molecule has 1 nitrogen and oxygen atoms in total. The molecule has 1 heterocycles. The Labute approximate surface area is 91.7 Å². The summed E-state index contributed by atoms with van der Waals surface area (Å²) in [5.74, 6) is 2.56. The molecule has 0 aromatic carbocycles. The molecule has 1 aliphatic carbocycles. The van der Waals surface area contributed by atoms with Gasteiger partial charge in [-0.05, 0) is 36.9 Å². The van der Waals surface area contributed by atoms with Gasteiger partial charge in [0.15, 0.2) is 0 Å². The van der Waals surface area contributed by atoms with E-state index in [1.54, 1.807) is 0 Å². The van der Waals surface area contributed by atoms with Crippen molar-refractivity contribution in [2.75, 3.05) is 5.75 Å². The molecule has 1 aliphatic heterocycles. The Hall–Kier alpha value is 0.310. The van der Waals surface area contributed by atoms with Crippen LogP contribution in [0.25, 0.3) is 0 Å². The lowest BCUT2D eigenvalue weighted by atomic mass is 9.71. The van der Waals surface area contributed by atoms with Crippen LogP contribution in [0.5, 0.6) is 0 Å². The SMILES string of the molecule is CC1CCCC(C2(O)CCSC2C)C1. The number of rotatable bonds is 1. The van der Waals surface area contributed by atoms with Crippen molar-refractivity contribution >= 4 is 11.8 Å². The van der Waals surface area contributed by atoms with Gasteiger partial charge in [-0.3, -0.25) is 0 Å². The van der Waals surface area contributed by atoms with Crippen molar-refractivity contribution in [1.82, 2.24) is 0 Å². The Morgan fingerprint density at radius 3 is 2.64 bits per heavy atom. The minimum atomic E-state index is -0.334. The van der Waals surface area contributed by atoms with Crippen LogP contribution in [0.1, 0.15) is 46.0 Å². The molecule has 1 N–H and O–H groups in total. The van der Waals surface area contributed by atoms with Crippen LogP contribution >= 0.6 is 11.8 Å². The van der Waals surface area contributed by atoms with Crippen LogP contribution in [0.2, 0.25) is 0 Å². The van der Waals surface area contributed by atoms with Crippen molar-refractivity contribution < 1.29 is 5.11 Å². The number of hydrogen-bond donors (Lipinski definition) is 1. The highest BCUT2D eigenvalue weighted by atomic mass is 32.2. The van der Waals surface area contributed by atoms with E-state index in [9.17, 15) is 5.11 Å². The quantitative estimate of drug-likeness (QED) is 0.724. The van der Waals surface area contributed by atoms with Crippen LogP contribution in [0, 0.1) is 11.8 Å². The third-order valence-corrected chi connectivity index (χ3v) is 5.57. The molecule has 2 heteroatoms. The molecular weight excluding hydrogens is 192 g/mol. The molecule has 0 radical (unpaired) electrons. The Kier molecular flexibility index (Phi) is 3.13. The molecule has 4 unspecified atom stereocenters. The lowest BCUT2D eigenvalue weighted by molar-refractivity contribution is -0.0350. The maximum absolute atomic E-state index is 10.7. The molecule has 82 valence electrons. The van der Waals surface area contributed by atoms with E-state index < -0.39 is 0 Å². The van der Waals surface area contributed by atoms with Crippen LogP contribution in [-0.2, 0) is 0 Å². The van der Waals surface area contributed by atoms with Gasteiger partial charge in [-0.2, -0.15) is 11.8 Å². The van der Waals surface area contributed by atoms with Crippen molar-refractivity contribution in [2.24, 2.45) is 11.8 Å². The maximum atomic E-state index is 10.7. The third-order valence-electron chi connectivity index (χ3n) is 4.22. The Morgan fingerprint density at radius 2 is 2.07 bits per heavy atom. The zero-order chi connectivity index (χ0) is 10.2. The van der Waals surface area contributed by atoms with Gasteiger partial charge in [0, 0.05) is 5.25 Å². The average Bonchev–Trinajstić information content (AvgIpc) is 2.49. The van der Waals surface area contributed by atoms with Crippen molar-refractivity contribution in [3.63, 3.8) is 0 Å². The fourth-order valence-electron chi connectivity index (χ4n) is 3.17. The Balaban J connectivity index is 2.05. The first-order valence-electron chi connectivity index (χ1n) is 5.97. The largest absolute Gasteiger partial charge is 0.388 e. The number of hydrogen-bond acceptors (Lipinski definition) is 2. The molecule has 1 saturated carbocycles. The normalized spacial score (nSPS) is 49.5. The van der Waals surface area contributed by atoms with Gasteiger partial charge < -0.3 is 5.11 Å².